The quantitative estimate of drug-likeness (QED) is 0.691. The third-order valence-electron chi connectivity index (χ3n) is 4.01. The van der Waals surface area contributed by atoms with Crippen molar-refractivity contribution in [3.8, 4) is 11.3 Å². The molecule has 0 aliphatic heterocycles. The van der Waals surface area contributed by atoms with Gasteiger partial charge in [0.1, 0.15) is 11.3 Å². The van der Waals surface area contributed by atoms with Gasteiger partial charge in [0.15, 0.2) is 5.82 Å². The van der Waals surface area contributed by atoms with Crippen LogP contribution in [0, 0.1) is 6.92 Å². The average Bonchev–Trinajstić information content (AvgIpc) is 3.08. The summed E-state index contributed by atoms with van der Waals surface area (Å²) in [6.07, 6.45) is 0.268. The van der Waals surface area contributed by atoms with E-state index in [2.05, 4.69) is 5.43 Å². The van der Waals surface area contributed by atoms with Gasteiger partial charge in [-0.3, -0.25) is 4.40 Å². The lowest BCUT2D eigenvalue weighted by atomic mass is 10.1. The van der Waals surface area contributed by atoms with Crippen molar-refractivity contribution in [1.82, 2.24) is 14.8 Å². The highest BCUT2D eigenvalue weighted by Gasteiger charge is 2.28. The first-order valence-corrected chi connectivity index (χ1v) is 9.00. The van der Waals surface area contributed by atoms with E-state index in [1.165, 1.54) is 0 Å². The Morgan fingerprint density at radius 2 is 1.79 bits per heavy atom. The lowest BCUT2D eigenvalue weighted by Crippen LogP contribution is -2.48. The highest BCUT2D eigenvalue weighted by atomic mass is 16.6. The number of amides is 2. The van der Waals surface area contributed by atoms with Crippen LogP contribution in [0.5, 0.6) is 0 Å². The molecular formula is C20H22N4O4. The number of rotatable bonds is 4. The van der Waals surface area contributed by atoms with Gasteiger partial charge < -0.3 is 9.47 Å². The Morgan fingerprint density at radius 3 is 2.46 bits per heavy atom. The predicted octanol–water partition coefficient (Wildman–Crippen LogP) is 3.93. The summed E-state index contributed by atoms with van der Waals surface area (Å²) >= 11 is 0. The lowest BCUT2D eigenvalue weighted by molar-refractivity contribution is 0.138. The molecule has 8 heteroatoms. The molecule has 0 aliphatic carbocycles. The molecule has 3 aromatic rings. The molecule has 146 valence electrons. The SMILES string of the molecule is CCOC(=O)NN(C(=O)OCC)c1c(-c2ccccc2)nc2c(C)cccn12. The van der Waals surface area contributed by atoms with Crippen LogP contribution in [0.4, 0.5) is 15.4 Å². The molecule has 0 unspecified atom stereocenters. The molecule has 0 fully saturated rings. The number of anilines is 1. The number of nitrogens with one attached hydrogen (secondary N) is 1. The van der Waals surface area contributed by atoms with Gasteiger partial charge in [-0.25, -0.2) is 20.0 Å². The van der Waals surface area contributed by atoms with Crippen LogP contribution in [0.1, 0.15) is 19.4 Å². The van der Waals surface area contributed by atoms with Gasteiger partial charge >= 0.3 is 12.2 Å². The zero-order valence-electron chi connectivity index (χ0n) is 16.0. The zero-order valence-corrected chi connectivity index (χ0v) is 16.0. The minimum Gasteiger partial charge on any atom is -0.449 e. The van der Waals surface area contributed by atoms with Crippen molar-refractivity contribution >= 4 is 23.7 Å². The molecule has 0 radical (unpaired) electrons. The number of benzene rings is 1. The van der Waals surface area contributed by atoms with E-state index in [0.717, 1.165) is 16.1 Å². The van der Waals surface area contributed by atoms with Gasteiger partial charge in [-0.05, 0) is 32.4 Å². The molecule has 8 nitrogen and oxygen atoms in total. The fourth-order valence-electron chi connectivity index (χ4n) is 2.82. The molecule has 1 aromatic carbocycles. The highest BCUT2D eigenvalue weighted by Crippen LogP contribution is 2.32. The Morgan fingerprint density at radius 1 is 1.07 bits per heavy atom. The van der Waals surface area contributed by atoms with Gasteiger partial charge in [0.2, 0.25) is 0 Å². The Kier molecular flexibility index (Phi) is 5.78. The molecule has 2 amide bonds. The highest BCUT2D eigenvalue weighted by molar-refractivity contribution is 5.95. The number of hydrogen-bond acceptors (Lipinski definition) is 5. The van der Waals surface area contributed by atoms with Crippen molar-refractivity contribution < 1.29 is 19.1 Å². The van der Waals surface area contributed by atoms with E-state index >= 15 is 0 Å². The van der Waals surface area contributed by atoms with Gasteiger partial charge in [0.05, 0.1) is 13.2 Å². The smallest absolute Gasteiger partial charge is 0.435 e. The number of aromatic nitrogens is 2. The summed E-state index contributed by atoms with van der Waals surface area (Å²) < 4.78 is 11.8. The molecule has 2 heterocycles. The number of nitrogens with zero attached hydrogens (tertiary/aromatic N) is 3. The average molecular weight is 382 g/mol. The predicted molar refractivity (Wildman–Crippen MR) is 105 cm³/mol. The molecule has 0 atom stereocenters. The van der Waals surface area contributed by atoms with E-state index in [4.69, 9.17) is 14.5 Å². The van der Waals surface area contributed by atoms with E-state index in [0.29, 0.717) is 17.2 Å². The summed E-state index contributed by atoms with van der Waals surface area (Å²) in [5.41, 5.74) is 5.37. The Labute approximate surface area is 162 Å². The summed E-state index contributed by atoms with van der Waals surface area (Å²) in [6, 6.07) is 13.2. The topological polar surface area (TPSA) is 85.2 Å². The number of carbonyl (C=O) groups is 2. The summed E-state index contributed by atoms with van der Waals surface area (Å²) in [4.78, 5) is 29.5. The minimum atomic E-state index is -0.767. The van der Waals surface area contributed by atoms with Gasteiger partial charge in [0.25, 0.3) is 0 Å². The molecule has 0 bridgehead atoms. The molecule has 3 rings (SSSR count). The van der Waals surface area contributed by atoms with Crippen LogP contribution < -0.4 is 10.4 Å². The van der Waals surface area contributed by atoms with E-state index in [-0.39, 0.29) is 13.2 Å². The molecule has 0 aliphatic rings. The maximum Gasteiger partial charge on any atom is 0.435 e. The number of carbonyl (C=O) groups excluding carboxylic acids is 2. The Bertz CT molecular complexity index is 985. The van der Waals surface area contributed by atoms with E-state index in [1.807, 2.05) is 49.4 Å². The van der Waals surface area contributed by atoms with Crippen molar-refractivity contribution in [2.75, 3.05) is 18.2 Å². The van der Waals surface area contributed by atoms with Crippen molar-refractivity contribution in [3.05, 3.63) is 54.2 Å². The monoisotopic (exact) mass is 382 g/mol. The first-order valence-electron chi connectivity index (χ1n) is 9.00. The fourth-order valence-corrected chi connectivity index (χ4v) is 2.82. The molecule has 28 heavy (non-hydrogen) atoms. The first kappa shape index (κ1) is 19.2. The largest absolute Gasteiger partial charge is 0.449 e. The van der Waals surface area contributed by atoms with Crippen LogP contribution >= 0.6 is 0 Å². The van der Waals surface area contributed by atoms with Gasteiger partial charge in [-0.15, -0.1) is 0 Å². The van der Waals surface area contributed by atoms with Crippen LogP contribution in [-0.2, 0) is 9.47 Å². The summed E-state index contributed by atoms with van der Waals surface area (Å²) in [6.45, 7) is 5.61. The molecule has 2 aromatic heterocycles. The number of aryl methyl sites for hydroxylation is 1. The number of imidazole rings is 1. The molecule has 1 N–H and O–H groups in total. The van der Waals surface area contributed by atoms with Gasteiger partial charge in [-0.1, -0.05) is 36.4 Å². The van der Waals surface area contributed by atoms with Crippen molar-refractivity contribution in [2.24, 2.45) is 0 Å². The standard InChI is InChI=1S/C20H22N4O4/c1-4-27-19(25)22-24(20(26)28-5-2)18-16(15-11-7-6-8-12-15)21-17-14(3)10-9-13-23(17)18/h6-13H,4-5H2,1-3H3,(H,22,25). The summed E-state index contributed by atoms with van der Waals surface area (Å²) in [7, 11) is 0. The van der Waals surface area contributed by atoms with Crippen molar-refractivity contribution in [2.45, 2.75) is 20.8 Å². The minimum absolute atomic E-state index is 0.149. The van der Waals surface area contributed by atoms with Crippen LogP contribution in [-0.4, -0.2) is 34.8 Å². The molecule has 0 saturated heterocycles. The number of fused-ring (bicyclic) bond motifs is 1. The Balaban J connectivity index is 2.22. The van der Waals surface area contributed by atoms with Crippen molar-refractivity contribution in [3.63, 3.8) is 0 Å². The maximum absolute atomic E-state index is 12.7. The van der Waals surface area contributed by atoms with E-state index in [9.17, 15) is 9.59 Å². The van der Waals surface area contributed by atoms with Gasteiger partial charge in [0, 0.05) is 11.8 Å². The van der Waals surface area contributed by atoms with Crippen LogP contribution in [0.3, 0.4) is 0 Å². The second-order valence-electron chi connectivity index (χ2n) is 5.90. The number of pyridine rings is 1. The fraction of sp³-hybridized carbons (Fsp3) is 0.250. The number of ether oxygens (including phenoxy) is 2. The normalized spacial score (nSPS) is 10.5. The molecule has 0 saturated carbocycles. The van der Waals surface area contributed by atoms with Gasteiger partial charge in [-0.2, -0.15) is 5.01 Å². The maximum atomic E-state index is 12.7. The second kappa shape index (κ2) is 8.43. The van der Waals surface area contributed by atoms with Crippen LogP contribution in [0.25, 0.3) is 16.9 Å². The third kappa shape index (κ3) is 3.75. The molecule has 0 spiro atoms. The van der Waals surface area contributed by atoms with Crippen LogP contribution in [0.2, 0.25) is 0 Å². The van der Waals surface area contributed by atoms with E-state index < -0.39 is 12.2 Å². The third-order valence-corrected chi connectivity index (χ3v) is 4.01. The second-order valence-corrected chi connectivity index (χ2v) is 5.90. The summed E-state index contributed by atoms with van der Waals surface area (Å²) in [5.74, 6) is 0.358. The van der Waals surface area contributed by atoms with Crippen molar-refractivity contribution in [1.29, 1.82) is 0 Å². The summed E-state index contributed by atoms with van der Waals surface area (Å²) in [5, 5.41) is 1.03. The number of hydrazine groups is 1. The first-order chi connectivity index (χ1) is 13.6. The zero-order chi connectivity index (χ0) is 20.1. The Hall–Kier alpha value is -3.55. The van der Waals surface area contributed by atoms with E-state index in [1.54, 1.807) is 24.4 Å². The number of hydrogen-bond donors (Lipinski definition) is 1. The van der Waals surface area contributed by atoms with Crippen LogP contribution in [0.15, 0.2) is 48.7 Å². The molecular weight excluding hydrogens is 360 g/mol. The lowest BCUT2D eigenvalue weighted by Gasteiger charge is -2.22.